The van der Waals surface area contributed by atoms with E-state index in [1.807, 2.05) is 0 Å². The lowest BCUT2D eigenvalue weighted by atomic mass is 10.3. The maximum Gasteiger partial charge on any atom is 0.212 e. The first-order valence-electron chi connectivity index (χ1n) is 8.87. The fourth-order valence-corrected chi connectivity index (χ4v) is 11.8. The zero-order valence-corrected chi connectivity index (χ0v) is 15.9. The van der Waals surface area contributed by atoms with E-state index in [-0.39, 0.29) is 0 Å². The Labute approximate surface area is 132 Å². The van der Waals surface area contributed by atoms with Crippen molar-refractivity contribution in [3.05, 3.63) is 0 Å². The molecule has 2 saturated heterocycles. The lowest BCUT2D eigenvalue weighted by molar-refractivity contribution is 0.186. The third kappa shape index (κ3) is 3.08. The van der Waals surface area contributed by atoms with Gasteiger partial charge in [-0.2, -0.15) is 0 Å². The molecule has 21 heavy (non-hydrogen) atoms. The Bertz CT molecular complexity index is 302. The van der Waals surface area contributed by atoms with E-state index in [1.165, 1.54) is 13.1 Å². The molecule has 0 spiro atoms. The molecule has 0 aromatic heterocycles. The average molecular weight is 313 g/mol. The summed E-state index contributed by atoms with van der Waals surface area (Å²) in [5.41, 5.74) is 1.53. The monoisotopic (exact) mass is 312 g/mol. The maximum atomic E-state index is 3.58. The third-order valence-corrected chi connectivity index (χ3v) is 12.2. The first-order valence-corrected chi connectivity index (χ1v) is 10.9. The summed E-state index contributed by atoms with van der Waals surface area (Å²) in [7, 11) is -1.69. The van der Waals surface area contributed by atoms with Gasteiger partial charge in [0.25, 0.3) is 0 Å². The molecule has 0 amide bonds. The Morgan fingerprint density at radius 3 is 1.48 bits per heavy atom. The number of nitrogens with one attached hydrogen (secondary N) is 2. The molecule has 0 radical (unpaired) electrons. The second-order valence-corrected chi connectivity index (χ2v) is 12.6. The van der Waals surface area contributed by atoms with Gasteiger partial charge in [0, 0.05) is 51.4 Å². The molecule has 2 N–H and O–H groups in total. The summed E-state index contributed by atoms with van der Waals surface area (Å²) >= 11 is 0. The minimum atomic E-state index is -1.69. The van der Waals surface area contributed by atoms with Crippen molar-refractivity contribution in [1.82, 2.24) is 19.8 Å². The van der Waals surface area contributed by atoms with Crippen LogP contribution in [0.4, 0.5) is 0 Å². The smallest absolute Gasteiger partial charge is 0.212 e. The number of hydrogen-bond donors (Lipinski definition) is 2. The quantitative estimate of drug-likeness (QED) is 0.776. The molecule has 2 heterocycles. The van der Waals surface area contributed by atoms with E-state index in [0.717, 1.165) is 37.3 Å². The first-order chi connectivity index (χ1) is 9.92. The molecule has 2 atom stereocenters. The topological polar surface area (TPSA) is 30.5 Å². The molecule has 4 nitrogen and oxygen atoms in total. The van der Waals surface area contributed by atoms with Crippen LogP contribution in [-0.2, 0) is 0 Å². The van der Waals surface area contributed by atoms with E-state index in [4.69, 9.17) is 0 Å². The van der Waals surface area contributed by atoms with E-state index < -0.39 is 8.40 Å². The van der Waals surface area contributed by atoms with Crippen LogP contribution >= 0.6 is 0 Å². The number of rotatable bonds is 4. The molecular weight excluding hydrogens is 276 g/mol. The van der Waals surface area contributed by atoms with Gasteiger partial charge < -0.3 is 19.8 Å². The van der Waals surface area contributed by atoms with Gasteiger partial charge in [-0.25, -0.2) is 0 Å². The second kappa shape index (κ2) is 7.09. The second-order valence-electron chi connectivity index (χ2n) is 7.59. The van der Waals surface area contributed by atoms with Gasteiger partial charge in [-0.05, 0) is 24.9 Å². The van der Waals surface area contributed by atoms with Gasteiger partial charge in [0.1, 0.15) is 0 Å². The Balaban J connectivity index is 2.41. The molecule has 2 unspecified atom stereocenters. The molecule has 2 rings (SSSR count). The zero-order chi connectivity index (χ0) is 15.6. The molecule has 2 aliphatic heterocycles. The average Bonchev–Trinajstić information content (AvgIpc) is 2.42. The Morgan fingerprint density at radius 2 is 1.19 bits per heavy atom. The summed E-state index contributed by atoms with van der Waals surface area (Å²) in [5.74, 6) is 0. The summed E-state index contributed by atoms with van der Waals surface area (Å²) in [6, 6.07) is 1.33. The molecule has 2 aliphatic rings. The Kier molecular flexibility index (Phi) is 5.88. The summed E-state index contributed by atoms with van der Waals surface area (Å²) in [4.78, 5) is 0. The Morgan fingerprint density at radius 1 is 0.810 bits per heavy atom. The fraction of sp³-hybridized carbons (Fsp3) is 1.00. The lowest BCUT2D eigenvalue weighted by Gasteiger charge is -2.59. The first kappa shape index (κ1) is 17.4. The van der Waals surface area contributed by atoms with Gasteiger partial charge in [-0.1, -0.05) is 27.7 Å². The van der Waals surface area contributed by atoms with Crippen molar-refractivity contribution < 1.29 is 0 Å². The van der Waals surface area contributed by atoms with Gasteiger partial charge in [-0.3, -0.25) is 0 Å². The van der Waals surface area contributed by atoms with Crippen molar-refractivity contribution in [2.24, 2.45) is 0 Å². The van der Waals surface area contributed by atoms with Crippen molar-refractivity contribution in [3.8, 4) is 0 Å². The SMILES string of the molecule is CC1CNCCN1[Si](C(C)C)(C(C)C)N1CCNCC1C. The van der Waals surface area contributed by atoms with Crippen LogP contribution in [0.5, 0.6) is 0 Å². The summed E-state index contributed by atoms with van der Waals surface area (Å²) < 4.78 is 5.89. The molecule has 2 fully saturated rings. The molecule has 0 saturated carbocycles. The maximum absolute atomic E-state index is 3.58. The molecule has 124 valence electrons. The number of piperazine rings is 2. The van der Waals surface area contributed by atoms with Crippen molar-refractivity contribution in [1.29, 1.82) is 0 Å². The number of nitrogens with zero attached hydrogens (tertiary/aromatic N) is 2. The standard InChI is InChI=1S/C16H36N4Si/c1-13(2)21(14(3)4,19-9-7-17-11-15(19)5)20-10-8-18-12-16(20)6/h13-18H,7-12H2,1-6H3. The van der Waals surface area contributed by atoms with Crippen LogP contribution in [0, 0.1) is 0 Å². The fourth-order valence-electron chi connectivity index (χ4n) is 4.90. The normalized spacial score (nSPS) is 30.3. The van der Waals surface area contributed by atoms with E-state index in [1.54, 1.807) is 0 Å². The summed E-state index contributed by atoms with van der Waals surface area (Å²) in [6.45, 7) is 21.8. The van der Waals surface area contributed by atoms with Gasteiger partial charge in [0.15, 0.2) is 0 Å². The van der Waals surface area contributed by atoms with E-state index in [0.29, 0.717) is 12.1 Å². The highest BCUT2D eigenvalue weighted by atomic mass is 28.4. The Hall–Kier alpha value is 0.0569. The minimum Gasteiger partial charge on any atom is -0.314 e. The lowest BCUT2D eigenvalue weighted by Crippen LogP contribution is -2.77. The van der Waals surface area contributed by atoms with E-state index >= 15 is 0 Å². The van der Waals surface area contributed by atoms with Gasteiger partial charge in [0.2, 0.25) is 8.40 Å². The van der Waals surface area contributed by atoms with Gasteiger partial charge >= 0.3 is 0 Å². The highest BCUT2D eigenvalue weighted by Crippen LogP contribution is 2.41. The molecule has 0 aromatic carbocycles. The van der Waals surface area contributed by atoms with E-state index in [2.05, 4.69) is 61.3 Å². The van der Waals surface area contributed by atoms with Crippen LogP contribution in [-0.4, -0.2) is 68.9 Å². The van der Waals surface area contributed by atoms with E-state index in [9.17, 15) is 0 Å². The minimum absolute atomic E-state index is 0.664. The predicted molar refractivity (Wildman–Crippen MR) is 94.0 cm³/mol. The van der Waals surface area contributed by atoms with Gasteiger partial charge in [0.05, 0.1) is 0 Å². The van der Waals surface area contributed by atoms with Crippen molar-refractivity contribution >= 4 is 8.40 Å². The van der Waals surface area contributed by atoms with Crippen molar-refractivity contribution in [2.45, 2.75) is 64.7 Å². The van der Waals surface area contributed by atoms with Crippen molar-refractivity contribution in [2.75, 3.05) is 39.3 Å². The highest BCUT2D eigenvalue weighted by molar-refractivity contribution is 6.77. The molecule has 0 bridgehead atoms. The molecular formula is C16H36N4Si. The van der Waals surface area contributed by atoms with Crippen LogP contribution in [0.3, 0.4) is 0 Å². The highest BCUT2D eigenvalue weighted by Gasteiger charge is 2.54. The predicted octanol–water partition coefficient (Wildman–Crippen LogP) is 1.84. The summed E-state index contributed by atoms with van der Waals surface area (Å²) in [5, 5.41) is 7.16. The zero-order valence-electron chi connectivity index (χ0n) is 14.9. The van der Waals surface area contributed by atoms with Crippen LogP contribution in [0.2, 0.25) is 11.1 Å². The van der Waals surface area contributed by atoms with Crippen molar-refractivity contribution in [3.63, 3.8) is 0 Å². The largest absolute Gasteiger partial charge is 0.314 e. The van der Waals surface area contributed by atoms with Crippen LogP contribution in [0.25, 0.3) is 0 Å². The molecule has 0 aliphatic carbocycles. The van der Waals surface area contributed by atoms with Crippen LogP contribution < -0.4 is 10.6 Å². The summed E-state index contributed by atoms with van der Waals surface area (Å²) in [6.07, 6.45) is 0. The molecule has 0 aromatic rings. The van der Waals surface area contributed by atoms with Crippen LogP contribution in [0.1, 0.15) is 41.5 Å². The molecule has 5 heteroatoms. The van der Waals surface area contributed by atoms with Crippen LogP contribution in [0.15, 0.2) is 0 Å². The van der Waals surface area contributed by atoms with Gasteiger partial charge in [-0.15, -0.1) is 0 Å². The third-order valence-electron chi connectivity index (χ3n) is 5.62. The number of hydrogen-bond acceptors (Lipinski definition) is 4.